The lowest BCUT2D eigenvalue weighted by Crippen LogP contribution is -2.02. The maximum atomic E-state index is 6.36. The maximum Gasteiger partial charge on any atom is 0.214 e. The number of aromatic nitrogens is 5. The minimum Gasteiger partial charge on any atom is -0.236 e. The van der Waals surface area contributed by atoms with Crippen LogP contribution in [0.15, 0.2) is 53.7 Å². The molecule has 0 fully saturated rings. The highest BCUT2D eigenvalue weighted by atomic mass is 35.5. The number of para-hydroxylation sites is 1. The third-order valence-corrected chi connectivity index (χ3v) is 5.44. The normalized spacial score (nSPS) is 11.2. The van der Waals surface area contributed by atoms with Gasteiger partial charge in [0.05, 0.1) is 11.2 Å². The number of hydrogen-bond donors (Lipinski definition) is 0. The quantitative estimate of drug-likeness (QED) is 0.376. The highest BCUT2D eigenvalue weighted by Gasteiger charge is 2.13. The first kappa shape index (κ1) is 17.0. The van der Waals surface area contributed by atoms with Crippen LogP contribution in [0.25, 0.3) is 16.6 Å². The van der Waals surface area contributed by atoms with Gasteiger partial charge in [0.1, 0.15) is 5.15 Å². The van der Waals surface area contributed by atoms with Gasteiger partial charge in [-0.15, -0.1) is 5.10 Å². The van der Waals surface area contributed by atoms with E-state index in [9.17, 15) is 0 Å². The number of nitrogens with zero attached hydrogens (tertiary/aromatic N) is 5. The van der Waals surface area contributed by atoms with E-state index in [2.05, 4.69) is 58.6 Å². The molecule has 7 heteroatoms. The van der Waals surface area contributed by atoms with Crippen LogP contribution in [0.3, 0.4) is 0 Å². The Hall–Kier alpha value is -2.44. The van der Waals surface area contributed by atoms with Crippen LogP contribution >= 0.6 is 23.4 Å². The van der Waals surface area contributed by atoms with E-state index < -0.39 is 0 Å². The lowest BCUT2D eigenvalue weighted by Gasteiger charge is -2.09. The Morgan fingerprint density at radius 3 is 2.81 bits per heavy atom. The Bertz CT molecular complexity index is 1090. The monoisotopic (exact) mass is 381 g/mol. The molecular weight excluding hydrogens is 366 g/mol. The second-order valence-electron chi connectivity index (χ2n) is 6.08. The number of fused-ring (bicyclic) bond motifs is 1. The van der Waals surface area contributed by atoms with Crippen molar-refractivity contribution in [1.29, 1.82) is 0 Å². The molecule has 26 heavy (non-hydrogen) atoms. The highest BCUT2D eigenvalue weighted by molar-refractivity contribution is 7.98. The molecule has 5 nitrogen and oxygen atoms in total. The summed E-state index contributed by atoms with van der Waals surface area (Å²) in [6, 6.07) is 16.3. The van der Waals surface area contributed by atoms with Crippen molar-refractivity contribution in [3.63, 3.8) is 0 Å². The molecule has 0 aliphatic carbocycles. The minimum atomic E-state index is 0.516. The van der Waals surface area contributed by atoms with Gasteiger partial charge in [-0.1, -0.05) is 53.7 Å². The highest BCUT2D eigenvalue weighted by Crippen LogP contribution is 2.28. The van der Waals surface area contributed by atoms with Crippen LogP contribution in [0.4, 0.5) is 0 Å². The molecular formula is C19H16ClN5S. The molecule has 0 amide bonds. The zero-order chi connectivity index (χ0) is 18.1. The predicted octanol–water partition coefficient (Wildman–Crippen LogP) is 4.77. The molecule has 0 saturated heterocycles. The summed E-state index contributed by atoms with van der Waals surface area (Å²) >= 11 is 7.90. The van der Waals surface area contributed by atoms with Gasteiger partial charge in [0.25, 0.3) is 0 Å². The van der Waals surface area contributed by atoms with Crippen LogP contribution in [-0.4, -0.2) is 25.2 Å². The fourth-order valence-electron chi connectivity index (χ4n) is 2.75. The molecule has 130 valence electrons. The molecule has 0 unspecified atom stereocenters. The molecule has 2 aromatic carbocycles. The largest absolute Gasteiger partial charge is 0.236 e. The average molecular weight is 382 g/mol. The van der Waals surface area contributed by atoms with Crippen molar-refractivity contribution in [2.75, 3.05) is 0 Å². The van der Waals surface area contributed by atoms with Gasteiger partial charge >= 0.3 is 0 Å². The topological polar surface area (TPSA) is 56.5 Å². The van der Waals surface area contributed by atoms with Crippen molar-refractivity contribution >= 4 is 34.3 Å². The van der Waals surface area contributed by atoms with E-state index in [0.29, 0.717) is 10.9 Å². The second kappa shape index (κ2) is 7.05. The first-order valence-corrected chi connectivity index (χ1v) is 9.51. The average Bonchev–Trinajstić information content (AvgIpc) is 3.10. The Labute approximate surface area is 160 Å². The summed E-state index contributed by atoms with van der Waals surface area (Å²) in [5.41, 5.74) is 5.13. The van der Waals surface area contributed by atoms with E-state index in [1.54, 1.807) is 16.4 Å². The zero-order valence-electron chi connectivity index (χ0n) is 14.3. The molecule has 2 heterocycles. The number of benzene rings is 2. The van der Waals surface area contributed by atoms with E-state index in [1.807, 2.05) is 24.3 Å². The molecule has 2 aromatic heterocycles. The van der Waals surface area contributed by atoms with Crippen molar-refractivity contribution < 1.29 is 0 Å². The maximum absolute atomic E-state index is 6.36. The molecule has 0 aliphatic rings. The fourth-order valence-corrected chi connectivity index (χ4v) is 3.90. The van der Waals surface area contributed by atoms with Crippen LogP contribution < -0.4 is 0 Å². The van der Waals surface area contributed by atoms with Gasteiger partial charge in [-0.3, -0.25) is 0 Å². The minimum absolute atomic E-state index is 0.516. The first-order valence-electron chi connectivity index (χ1n) is 8.15. The lowest BCUT2D eigenvalue weighted by molar-refractivity contribution is 0.751. The van der Waals surface area contributed by atoms with Crippen LogP contribution in [-0.2, 0) is 5.75 Å². The van der Waals surface area contributed by atoms with E-state index in [0.717, 1.165) is 32.9 Å². The molecule has 0 saturated carbocycles. The Kier molecular flexibility index (Phi) is 4.61. The van der Waals surface area contributed by atoms with E-state index in [1.165, 1.54) is 5.56 Å². The van der Waals surface area contributed by atoms with Crippen LogP contribution in [0.5, 0.6) is 0 Å². The van der Waals surface area contributed by atoms with Crippen LogP contribution in [0.2, 0.25) is 5.15 Å². The lowest BCUT2D eigenvalue weighted by atomic mass is 10.1. The molecule has 4 rings (SSSR count). The van der Waals surface area contributed by atoms with Crippen molar-refractivity contribution in [3.05, 3.63) is 70.4 Å². The first-order chi connectivity index (χ1) is 12.6. The molecule has 0 atom stereocenters. The van der Waals surface area contributed by atoms with E-state index >= 15 is 0 Å². The Balaban J connectivity index is 1.63. The Morgan fingerprint density at radius 1 is 1.08 bits per heavy atom. The standard InChI is InChI=1S/C19H16ClN5S/c1-12-7-8-13(2)17(9-12)25-19(22-23-24-25)26-11-15-10-14-5-3-4-6-16(14)21-18(15)20/h3-10H,11H2,1-2H3. The van der Waals surface area contributed by atoms with E-state index in [4.69, 9.17) is 11.6 Å². The summed E-state index contributed by atoms with van der Waals surface area (Å²) in [5.74, 6) is 0.641. The van der Waals surface area contributed by atoms with Gasteiger partial charge in [-0.2, -0.15) is 4.68 Å². The fraction of sp³-hybridized carbons (Fsp3) is 0.158. The predicted molar refractivity (Wildman–Crippen MR) is 105 cm³/mol. The molecule has 4 aromatic rings. The molecule has 0 radical (unpaired) electrons. The SMILES string of the molecule is Cc1ccc(C)c(-n2nnnc2SCc2cc3ccccc3nc2Cl)c1. The van der Waals surface area contributed by atoms with Gasteiger partial charge in [0.15, 0.2) is 0 Å². The van der Waals surface area contributed by atoms with Crippen molar-refractivity contribution in [2.24, 2.45) is 0 Å². The molecule has 0 aliphatic heterocycles. The number of hydrogen-bond acceptors (Lipinski definition) is 5. The number of rotatable bonds is 4. The van der Waals surface area contributed by atoms with Gasteiger partial charge in [0, 0.05) is 16.7 Å². The van der Waals surface area contributed by atoms with Gasteiger partial charge in [-0.05, 0) is 53.6 Å². The number of pyridine rings is 1. The van der Waals surface area contributed by atoms with Gasteiger partial charge < -0.3 is 0 Å². The summed E-state index contributed by atoms with van der Waals surface area (Å²) in [6.45, 7) is 4.11. The van der Waals surface area contributed by atoms with Gasteiger partial charge in [-0.25, -0.2) is 4.98 Å². The summed E-state index contributed by atoms with van der Waals surface area (Å²) < 4.78 is 1.77. The third kappa shape index (κ3) is 3.30. The number of thioether (sulfide) groups is 1. The van der Waals surface area contributed by atoms with Crippen LogP contribution in [0.1, 0.15) is 16.7 Å². The summed E-state index contributed by atoms with van der Waals surface area (Å²) in [6.07, 6.45) is 0. The van der Waals surface area contributed by atoms with Crippen molar-refractivity contribution in [2.45, 2.75) is 24.8 Å². The number of aryl methyl sites for hydroxylation is 2. The molecule has 0 N–H and O–H groups in total. The second-order valence-corrected chi connectivity index (χ2v) is 7.38. The Morgan fingerprint density at radius 2 is 1.92 bits per heavy atom. The molecule has 0 spiro atoms. The number of tetrazole rings is 1. The zero-order valence-corrected chi connectivity index (χ0v) is 15.9. The number of halogens is 1. The summed E-state index contributed by atoms with van der Waals surface area (Å²) in [5, 5.41) is 14.5. The summed E-state index contributed by atoms with van der Waals surface area (Å²) in [7, 11) is 0. The van der Waals surface area contributed by atoms with Gasteiger partial charge in [0.2, 0.25) is 5.16 Å². The van der Waals surface area contributed by atoms with Crippen molar-refractivity contribution in [1.82, 2.24) is 25.2 Å². The van der Waals surface area contributed by atoms with Crippen molar-refractivity contribution in [3.8, 4) is 5.69 Å². The summed E-state index contributed by atoms with van der Waals surface area (Å²) in [4.78, 5) is 4.48. The molecule has 0 bridgehead atoms. The van der Waals surface area contributed by atoms with E-state index in [-0.39, 0.29) is 0 Å². The smallest absolute Gasteiger partial charge is 0.214 e. The third-order valence-electron chi connectivity index (χ3n) is 4.14. The van der Waals surface area contributed by atoms with Crippen LogP contribution in [0, 0.1) is 13.8 Å².